The first kappa shape index (κ1) is 58.3. The zero-order valence-corrected chi connectivity index (χ0v) is 44.7. The molecule has 0 bridgehead atoms. The SMILES string of the molecule is C[C@@H]1O[C@@H](O[C@H]2[C@H](O)[C@@H](O)[C@H](O[C@H]3[C@@H](O)[C@@H](C)O[C@@H](O[C@H]4CC[C@@]5(C)C(CC[C@]6(C)C5C=CC5=C7CC(C)(C)CC[C@]7(CO)CC[C@]56C)[C@]4(C)CO)[C@@H]3O[C@@H]3O[C@H](CO)[C@@H](O)[C@H](O)[C@H]3O)O[C@@H]2CO)[C@H](O)[C@H](O)[C@H]1O. The summed E-state index contributed by atoms with van der Waals surface area (Å²) in [7, 11) is 0. The highest BCUT2D eigenvalue weighted by Gasteiger charge is 2.68. The zero-order chi connectivity index (χ0) is 54.7. The van der Waals surface area contributed by atoms with Crippen LogP contribution in [0.1, 0.15) is 113 Å². The van der Waals surface area contributed by atoms with E-state index in [0.717, 1.165) is 44.9 Å². The summed E-state index contributed by atoms with van der Waals surface area (Å²) in [5.41, 5.74) is 1.21. The molecule has 0 radical (unpaired) electrons. The Morgan fingerprint density at radius 1 is 0.520 bits per heavy atom. The van der Waals surface area contributed by atoms with E-state index < -0.39 is 148 Å². The third-order valence-electron chi connectivity index (χ3n) is 21.0. The maximum atomic E-state index is 11.9. The Hall–Kier alpha value is -1.36. The van der Waals surface area contributed by atoms with E-state index in [9.17, 15) is 66.4 Å². The van der Waals surface area contributed by atoms with Gasteiger partial charge in [-0.3, -0.25) is 0 Å². The quantitative estimate of drug-likeness (QED) is 0.108. The minimum atomic E-state index is -2.00. The number of fused-ring (bicyclic) bond motifs is 6. The van der Waals surface area contributed by atoms with Gasteiger partial charge in [0.05, 0.1) is 44.7 Å². The van der Waals surface area contributed by atoms with E-state index in [0.29, 0.717) is 12.8 Å². The van der Waals surface area contributed by atoms with E-state index in [1.165, 1.54) is 25.0 Å². The number of hydrogen-bond donors (Lipinski definition) is 13. The van der Waals surface area contributed by atoms with Gasteiger partial charge in [-0.25, -0.2) is 0 Å². The van der Waals surface area contributed by atoms with Crippen LogP contribution in [0.25, 0.3) is 0 Å². The molecule has 0 amide bonds. The minimum absolute atomic E-state index is 0.0824. The maximum absolute atomic E-state index is 11.9. The summed E-state index contributed by atoms with van der Waals surface area (Å²) < 4.78 is 49.3. The van der Waals surface area contributed by atoms with Crippen molar-refractivity contribution in [2.24, 2.45) is 44.3 Å². The zero-order valence-electron chi connectivity index (χ0n) is 44.7. The fourth-order valence-electron chi connectivity index (χ4n) is 15.9. The Labute approximate surface area is 439 Å². The van der Waals surface area contributed by atoms with Crippen LogP contribution in [0.3, 0.4) is 0 Å². The van der Waals surface area contributed by atoms with Crippen LogP contribution < -0.4 is 0 Å². The molecule has 3 saturated carbocycles. The molecule has 4 saturated heterocycles. The van der Waals surface area contributed by atoms with Gasteiger partial charge >= 0.3 is 0 Å². The van der Waals surface area contributed by atoms with Crippen LogP contribution in [0.15, 0.2) is 23.3 Å². The molecule has 4 aliphatic heterocycles. The molecule has 2 unspecified atom stereocenters. The van der Waals surface area contributed by atoms with Crippen LogP contribution in [-0.4, -0.2) is 222 Å². The molecule has 28 atom stereocenters. The number of hydrogen-bond acceptors (Lipinski definition) is 21. The molecule has 9 aliphatic rings. The van der Waals surface area contributed by atoms with Crippen LogP contribution in [0.5, 0.6) is 0 Å². The predicted octanol–water partition coefficient (Wildman–Crippen LogP) is -0.614. The van der Waals surface area contributed by atoms with Crippen molar-refractivity contribution < 1.29 is 104 Å². The van der Waals surface area contributed by atoms with E-state index in [4.69, 9.17) is 37.9 Å². The highest BCUT2D eigenvalue weighted by Crippen LogP contribution is 2.74. The predicted molar refractivity (Wildman–Crippen MR) is 261 cm³/mol. The molecule has 0 aromatic heterocycles. The Morgan fingerprint density at radius 2 is 1.08 bits per heavy atom. The van der Waals surface area contributed by atoms with Crippen molar-refractivity contribution in [3.05, 3.63) is 23.3 Å². The summed E-state index contributed by atoms with van der Waals surface area (Å²) in [4.78, 5) is 0. The standard InChI is InChI=1S/C54H88O21/c1-24-33(59)36(62)39(65)45(68-24)73-42-29(21-56)71-47(41(67)38(42)64)74-43-34(60)25(2)69-48(44(43)75-46-40(66)37(63)35(61)28(20-55)70-46)72-32-12-13-50(5)30(51(32,6)22-57)11-14-53(8)31(50)10-9-26-27-19-49(3,4)15-17-54(27,23-58)18-16-52(26,53)7/h9-10,24-25,28-48,55-67H,11-23H2,1-8H3/t24-,25+,28+,29+,30?,31?,32-,33-,34-,35+,36+,37-,38+,39+,40+,41+,42+,43-,44+,45-,46-,47-,48-,50-,51-,52+,53+,54+/m0/s1. The van der Waals surface area contributed by atoms with Gasteiger partial charge in [-0.15, -0.1) is 0 Å². The minimum Gasteiger partial charge on any atom is -0.396 e. The van der Waals surface area contributed by atoms with Crippen molar-refractivity contribution in [3.63, 3.8) is 0 Å². The normalized spacial score (nSPS) is 54.9. The van der Waals surface area contributed by atoms with Gasteiger partial charge in [0.1, 0.15) is 85.5 Å². The lowest BCUT2D eigenvalue weighted by Crippen LogP contribution is -2.68. The lowest BCUT2D eigenvalue weighted by molar-refractivity contribution is -0.402. The Kier molecular flexibility index (Phi) is 16.5. The molecule has 13 N–H and O–H groups in total. The maximum Gasteiger partial charge on any atom is 0.187 e. The molecule has 430 valence electrons. The first-order chi connectivity index (χ1) is 35.2. The Morgan fingerprint density at radius 3 is 1.72 bits per heavy atom. The summed E-state index contributed by atoms with van der Waals surface area (Å²) in [6, 6.07) is 0. The Balaban J connectivity index is 1.01. The molecule has 9 rings (SSSR count). The van der Waals surface area contributed by atoms with Crippen molar-refractivity contribution in [2.45, 2.75) is 242 Å². The Bertz CT molecular complexity index is 2070. The molecule has 0 spiro atoms. The van der Waals surface area contributed by atoms with Crippen LogP contribution in [0.2, 0.25) is 0 Å². The van der Waals surface area contributed by atoms with Crippen molar-refractivity contribution in [1.29, 1.82) is 0 Å². The summed E-state index contributed by atoms with van der Waals surface area (Å²) in [6.07, 6.45) is -21.1. The van der Waals surface area contributed by atoms with Crippen molar-refractivity contribution in [2.75, 3.05) is 26.4 Å². The number of aliphatic hydroxyl groups excluding tert-OH is 13. The third kappa shape index (κ3) is 9.47. The smallest absolute Gasteiger partial charge is 0.187 e. The first-order valence-electron chi connectivity index (χ1n) is 27.4. The number of rotatable bonds is 12. The summed E-state index contributed by atoms with van der Waals surface area (Å²) >= 11 is 0. The lowest BCUT2D eigenvalue weighted by atomic mass is 9.35. The molecule has 75 heavy (non-hydrogen) atoms. The largest absolute Gasteiger partial charge is 0.396 e. The monoisotopic (exact) mass is 1070 g/mol. The average Bonchev–Trinajstić information content (AvgIpc) is 3.37. The molecule has 5 aliphatic carbocycles. The third-order valence-corrected chi connectivity index (χ3v) is 21.0. The van der Waals surface area contributed by atoms with Gasteiger partial charge < -0.3 is 104 Å². The second-order valence-electron chi connectivity index (χ2n) is 25.8. The second kappa shape index (κ2) is 21.2. The van der Waals surface area contributed by atoms with Crippen molar-refractivity contribution >= 4 is 0 Å². The molecule has 21 nitrogen and oxygen atoms in total. The lowest BCUT2D eigenvalue weighted by Gasteiger charge is -2.70. The average molecular weight is 1070 g/mol. The van der Waals surface area contributed by atoms with Crippen LogP contribution in [0, 0.1) is 44.3 Å². The van der Waals surface area contributed by atoms with Gasteiger partial charge in [-0.1, -0.05) is 59.3 Å². The summed E-state index contributed by atoms with van der Waals surface area (Å²) in [5, 5.41) is 143. The molecular weight excluding hydrogens is 985 g/mol. The summed E-state index contributed by atoms with van der Waals surface area (Å²) in [5.74, 6) is 0.0404. The van der Waals surface area contributed by atoms with Crippen molar-refractivity contribution in [3.8, 4) is 0 Å². The molecule has 4 heterocycles. The molecular formula is C54H88O21. The van der Waals surface area contributed by atoms with Gasteiger partial charge in [0.15, 0.2) is 25.2 Å². The number of ether oxygens (including phenoxy) is 8. The fraction of sp³-hybridized carbons (Fsp3) is 0.926. The van der Waals surface area contributed by atoms with Gasteiger partial charge in [0.2, 0.25) is 0 Å². The molecule has 7 fully saturated rings. The molecule has 21 heteroatoms. The van der Waals surface area contributed by atoms with Crippen molar-refractivity contribution in [1.82, 2.24) is 0 Å². The van der Waals surface area contributed by atoms with Gasteiger partial charge in [0, 0.05) is 10.8 Å². The van der Waals surface area contributed by atoms with E-state index in [1.54, 1.807) is 0 Å². The second-order valence-corrected chi connectivity index (χ2v) is 25.8. The summed E-state index contributed by atoms with van der Waals surface area (Å²) in [6.45, 7) is 15.1. The van der Waals surface area contributed by atoms with Gasteiger partial charge in [0.25, 0.3) is 0 Å². The number of allylic oxidation sites excluding steroid dienone is 3. The van der Waals surface area contributed by atoms with E-state index >= 15 is 0 Å². The van der Waals surface area contributed by atoms with Gasteiger partial charge in [-0.05, 0) is 111 Å². The molecule has 0 aromatic rings. The molecule has 0 aromatic carbocycles. The fourth-order valence-corrected chi connectivity index (χ4v) is 15.9. The highest BCUT2D eigenvalue weighted by atomic mass is 16.8. The number of aliphatic hydroxyl groups is 13. The topological polar surface area (TPSA) is 337 Å². The van der Waals surface area contributed by atoms with Gasteiger partial charge in [-0.2, -0.15) is 0 Å². The first-order valence-corrected chi connectivity index (χ1v) is 27.4. The van der Waals surface area contributed by atoms with Crippen LogP contribution >= 0.6 is 0 Å². The highest BCUT2D eigenvalue weighted by molar-refractivity contribution is 5.46. The van der Waals surface area contributed by atoms with E-state index in [2.05, 4.69) is 46.8 Å². The van der Waals surface area contributed by atoms with Crippen LogP contribution in [-0.2, 0) is 37.9 Å². The van der Waals surface area contributed by atoms with E-state index in [1.807, 2.05) is 6.92 Å². The van der Waals surface area contributed by atoms with Crippen LogP contribution in [0.4, 0.5) is 0 Å². The van der Waals surface area contributed by atoms with E-state index in [-0.39, 0.29) is 52.1 Å².